The Morgan fingerprint density at radius 3 is 3.14 bits per heavy atom. The van der Waals surface area contributed by atoms with Gasteiger partial charge in [0.1, 0.15) is 10.4 Å². The lowest BCUT2D eigenvalue weighted by molar-refractivity contribution is -0.119. The second kappa shape index (κ2) is 3.24. The van der Waals surface area contributed by atoms with Crippen molar-refractivity contribution in [3.63, 3.8) is 0 Å². The van der Waals surface area contributed by atoms with Crippen molar-refractivity contribution in [2.24, 2.45) is 5.92 Å². The van der Waals surface area contributed by atoms with Crippen LogP contribution in [0.2, 0.25) is 0 Å². The van der Waals surface area contributed by atoms with E-state index in [1.54, 1.807) is 6.07 Å². The van der Waals surface area contributed by atoms with Crippen molar-refractivity contribution in [3.05, 3.63) is 16.2 Å². The minimum absolute atomic E-state index is 0.00998. The van der Waals surface area contributed by atoms with Gasteiger partial charge in [-0.1, -0.05) is 6.92 Å². The van der Waals surface area contributed by atoms with Gasteiger partial charge >= 0.3 is 0 Å². The van der Waals surface area contributed by atoms with Crippen molar-refractivity contribution in [2.45, 2.75) is 13.3 Å². The maximum atomic E-state index is 11.4. The molecule has 1 aromatic rings. The Hall–Kier alpha value is -1.10. The average molecular weight is 256 g/mol. The summed E-state index contributed by atoms with van der Waals surface area (Å²) in [5.74, 6) is 0.435. The second-order valence-corrected chi connectivity index (χ2v) is 4.21. The molecule has 0 radical (unpaired) electrons. The molecule has 1 atom stereocenters. The van der Waals surface area contributed by atoms with Crippen molar-refractivity contribution in [1.29, 1.82) is 0 Å². The molecule has 74 valence electrons. The Labute approximate surface area is 90.0 Å². The minimum Gasteiger partial charge on any atom is -0.384 e. The molecule has 0 aromatic carbocycles. The molecular weight excluding hydrogens is 246 g/mol. The molecule has 0 aliphatic carbocycles. The lowest BCUT2D eigenvalue weighted by Crippen LogP contribution is -2.28. The van der Waals surface area contributed by atoms with Gasteiger partial charge in [0.15, 0.2) is 0 Å². The minimum atomic E-state index is -0.00998. The lowest BCUT2D eigenvalue weighted by Gasteiger charge is -2.22. The van der Waals surface area contributed by atoms with Crippen molar-refractivity contribution >= 4 is 33.3 Å². The largest absolute Gasteiger partial charge is 0.384 e. The number of fused-ring (bicyclic) bond motifs is 1. The third-order valence-corrected chi connectivity index (χ3v) is 2.97. The van der Waals surface area contributed by atoms with Gasteiger partial charge in [-0.2, -0.15) is 0 Å². The predicted octanol–water partition coefficient (Wildman–Crippen LogP) is 1.56. The summed E-state index contributed by atoms with van der Waals surface area (Å²) in [7, 11) is 0. The number of carbonyl (C=O) groups excluding carboxylic acids is 1. The van der Waals surface area contributed by atoms with Crippen LogP contribution in [0.25, 0.3) is 0 Å². The van der Waals surface area contributed by atoms with E-state index >= 15 is 0 Å². The normalized spacial score (nSPS) is 20.1. The van der Waals surface area contributed by atoms with E-state index in [1.807, 2.05) is 6.92 Å². The number of nitrogens with zero attached hydrogens (tertiary/aromatic N) is 1. The number of carbonyl (C=O) groups is 1. The SMILES string of the molecule is C[C@H]1Cc2c(cc(N)nc2Br)NC1=O. The van der Waals surface area contributed by atoms with Crippen LogP contribution in [0.15, 0.2) is 10.7 Å². The highest BCUT2D eigenvalue weighted by molar-refractivity contribution is 9.10. The summed E-state index contributed by atoms with van der Waals surface area (Å²) in [5.41, 5.74) is 7.36. The van der Waals surface area contributed by atoms with Gasteiger partial charge in [-0.3, -0.25) is 4.79 Å². The summed E-state index contributed by atoms with van der Waals surface area (Å²) in [6.45, 7) is 1.89. The van der Waals surface area contributed by atoms with Gasteiger partial charge in [0.25, 0.3) is 0 Å². The van der Waals surface area contributed by atoms with E-state index in [2.05, 4.69) is 26.2 Å². The molecule has 0 unspecified atom stereocenters. The smallest absolute Gasteiger partial charge is 0.227 e. The maximum absolute atomic E-state index is 11.4. The number of nitrogens with one attached hydrogen (secondary N) is 1. The van der Waals surface area contributed by atoms with Crippen molar-refractivity contribution in [2.75, 3.05) is 11.1 Å². The van der Waals surface area contributed by atoms with E-state index in [-0.39, 0.29) is 11.8 Å². The highest BCUT2D eigenvalue weighted by Crippen LogP contribution is 2.31. The highest BCUT2D eigenvalue weighted by atomic mass is 79.9. The van der Waals surface area contributed by atoms with Crippen LogP contribution in [-0.4, -0.2) is 10.9 Å². The van der Waals surface area contributed by atoms with Gasteiger partial charge < -0.3 is 11.1 Å². The number of pyridine rings is 1. The monoisotopic (exact) mass is 255 g/mol. The molecule has 0 saturated heterocycles. The van der Waals surface area contributed by atoms with Gasteiger partial charge in [-0.05, 0) is 22.4 Å². The van der Waals surface area contributed by atoms with Gasteiger partial charge in [0, 0.05) is 17.5 Å². The molecule has 14 heavy (non-hydrogen) atoms. The van der Waals surface area contributed by atoms with Crippen LogP contribution in [-0.2, 0) is 11.2 Å². The first-order chi connectivity index (χ1) is 6.58. The van der Waals surface area contributed by atoms with Crippen LogP contribution >= 0.6 is 15.9 Å². The van der Waals surface area contributed by atoms with Crippen LogP contribution in [0.3, 0.4) is 0 Å². The zero-order valence-electron chi connectivity index (χ0n) is 7.67. The molecule has 0 fully saturated rings. The number of rotatable bonds is 0. The Bertz CT molecular complexity index is 405. The summed E-state index contributed by atoms with van der Waals surface area (Å²) in [5, 5.41) is 2.80. The van der Waals surface area contributed by atoms with E-state index in [4.69, 9.17) is 5.73 Å². The van der Waals surface area contributed by atoms with Crippen LogP contribution in [0.5, 0.6) is 0 Å². The lowest BCUT2D eigenvalue weighted by atomic mass is 9.96. The number of aromatic nitrogens is 1. The molecule has 0 bridgehead atoms. The zero-order valence-corrected chi connectivity index (χ0v) is 9.26. The quantitative estimate of drug-likeness (QED) is 0.692. The first-order valence-electron chi connectivity index (χ1n) is 4.33. The van der Waals surface area contributed by atoms with Gasteiger partial charge in [-0.15, -0.1) is 0 Å². The molecule has 1 aromatic heterocycles. The van der Waals surface area contributed by atoms with Crippen molar-refractivity contribution in [1.82, 2.24) is 4.98 Å². The summed E-state index contributed by atoms with van der Waals surface area (Å²) in [6, 6.07) is 1.68. The molecule has 0 spiro atoms. The zero-order chi connectivity index (χ0) is 10.3. The summed E-state index contributed by atoms with van der Waals surface area (Å²) < 4.78 is 0.722. The fourth-order valence-electron chi connectivity index (χ4n) is 1.52. The second-order valence-electron chi connectivity index (χ2n) is 3.46. The van der Waals surface area contributed by atoms with Gasteiger partial charge in [0.05, 0.1) is 5.69 Å². The Kier molecular flexibility index (Phi) is 2.19. The topological polar surface area (TPSA) is 68.0 Å². The molecule has 3 N–H and O–H groups in total. The average Bonchev–Trinajstić information content (AvgIpc) is 2.08. The number of halogens is 1. The van der Waals surface area contributed by atoms with Crippen LogP contribution in [0.1, 0.15) is 12.5 Å². The molecular formula is C9H10BrN3O. The van der Waals surface area contributed by atoms with Crippen molar-refractivity contribution < 1.29 is 4.79 Å². The van der Waals surface area contributed by atoms with Gasteiger partial charge in [-0.25, -0.2) is 4.98 Å². The Balaban J connectivity index is 2.51. The van der Waals surface area contributed by atoms with E-state index in [0.29, 0.717) is 12.2 Å². The number of amides is 1. The first kappa shape index (κ1) is 9.45. The summed E-state index contributed by atoms with van der Waals surface area (Å²) in [6.07, 6.45) is 0.703. The fraction of sp³-hybridized carbons (Fsp3) is 0.333. The number of hydrogen-bond acceptors (Lipinski definition) is 3. The molecule has 0 saturated carbocycles. The molecule has 1 aliphatic heterocycles. The van der Waals surface area contributed by atoms with Crippen LogP contribution < -0.4 is 11.1 Å². The molecule has 2 heterocycles. The van der Waals surface area contributed by atoms with E-state index in [1.165, 1.54) is 0 Å². The van der Waals surface area contributed by atoms with E-state index in [0.717, 1.165) is 15.9 Å². The standard InChI is InChI=1S/C9H10BrN3O/c1-4-2-5-6(12-9(4)14)3-7(11)13-8(5)10/h3-4H,2H2,1H3,(H2,11,13)(H,12,14)/t4-/m0/s1. The molecule has 2 rings (SSSR count). The molecule has 4 nitrogen and oxygen atoms in total. The third kappa shape index (κ3) is 1.48. The predicted molar refractivity (Wildman–Crippen MR) is 57.8 cm³/mol. The highest BCUT2D eigenvalue weighted by Gasteiger charge is 2.24. The molecule has 1 aliphatic rings. The number of nitrogen functional groups attached to an aromatic ring is 1. The van der Waals surface area contributed by atoms with Crippen LogP contribution in [0, 0.1) is 5.92 Å². The Morgan fingerprint density at radius 2 is 2.43 bits per heavy atom. The van der Waals surface area contributed by atoms with E-state index in [9.17, 15) is 4.79 Å². The van der Waals surface area contributed by atoms with Gasteiger partial charge in [0.2, 0.25) is 5.91 Å². The third-order valence-electron chi connectivity index (χ3n) is 2.31. The number of hydrogen-bond donors (Lipinski definition) is 2. The summed E-state index contributed by atoms with van der Waals surface area (Å²) >= 11 is 3.34. The van der Waals surface area contributed by atoms with Crippen molar-refractivity contribution in [3.8, 4) is 0 Å². The fourth-order valence-corrected chi connectivity index (χ4v) is 2.10. The molecule has 5 heteroatoms. The first-order valence-corrected chi connectivity index (χ1v) is 5.13. The number of anilines is 2. The maximum Gasteiger partial charge on any atom is 0.227 e. The molecule has 1 amide bonds. The van der Waals surface area contributed by atoms with E-state index < -0.39 is 0 Å². The Morgan fingerprint density at radius 1 is 1.71 bits per heavy atom. The number of nitrogens with two attached hydrogens (primary N) is 1. The van der Waals surface area contributed by atoms with Crippen LogP contribution in [0.4, 0.5) is 11.5 Å². The summed E-state index contributed by atoms with van der Waals surface area (Å²) in [4.78, 5) is 15.5.